The van der Waals surface area contributed by atoms with Gasteiger partial charge < -0.3 is 9.73 Å². The van der Waals surface area contributed by atoms with Gasteiger partial charge in [-0.2, -0.15) is 0 Å². The first kappa shape index (κ1) is 16.5. The lowest BCUT2D eigenvalue weighted by Crippen LogP contribution is -2.37. The first-order chi connectivity index (χ1) is 11.2. The maximum atomic E-state index is 12.2. The molecule has 1 unspecified atom stereocenters. The number of anilines is 1. The maximum absolute atomic E-state index is 12.2. The fraction of sp³-hybridized carbons (Fsp3) is 0.533. The Labute approximate surface area is 143 Å². The van der Waals surface area contributed by atoms with E-state index < -0.39 is 0 Å². The van der Waals surface area contributed by atoms with Gasteiger partial charge in [0.25, 0.3) is 0 Å². The minimum Gasteiger partial charge on any atom is -0.445 e. The molecule has 1 fully saturated rings. The van der Waals surface area contributed by atoms with Crippen LogP contribution in [0.5, 0.6) is 0 Å². The Morgan fingerprint density at radius 1 is 1.52 bits per heavy atom. The van der Waals surface area contributed by atoms with E-state index in [4.69, 9.17) is 4.42 Å². The van der Waals surface area contributed by atoms with Crippen molar-refractivity contribution >= 4 is 34.1 Å². The molecule has 1 aliphatic heterocycles. The molecular weight excluding hydrogens is 332 g/mol. The van der Waals surface area contributed by atoms with Gasteiger partial charge in [-0.15, -0.1) is 11.8 Å². The Morgan fingerprint density at radius 2 is 2.39 bits per heavy atom. The summed E-state index contributed by atoms with van der Waals surface area (Å²) in [4.78, 5) is 22.8. The monoisotopic (exact) mass is 352 g/mol. The highest BCUT2D eigenvalue weighted by molar-refractivity contribution is 8.00. The van der Waals surface area contributed by atoms with Crippen molar-refractivity contribution in [2.75, 3.05) is 18.9 Å². The fourth-order valence-electron chi connectivity index (χ4n) is 2.53. The number of likely N-dealkylation sites (N-methyl/N-ethyl adjacent to an activating group) is 1. The van der Waals surface area contributed by atoms with Crippen molar-refractivity contribution in [2.24, 2.45) is 0 Å². The SMILES string of the molecule is CCc1cnc(CSc2cnc(NC(=O)C3CCCN3C)s2)o1. The van der Waals surface area contributed by atoms with Crippen molar-refractivity contribution in [1.82, 2.24) is 14.9 Å². The highest BCUT2D eigenvalue weighted by Crippen LogP contribution is 2.31. The molecule has 6 nitrogen and oxygen atoms in total. The smallest absolute Gasteiger partial charge is 0.243 e. The molecule has 0 spiro atoms. The van der Waals surface area contributed by atoms with Crippen LogP contribution in [0.3, 0.4) is 0 Å². The maximum Gasteiger partial charge on any atom is 0.243 e. The summed E-state index contributed by atoms with van der Waals surface area (Å²) in [6, 6.07) is -0.0326. The van der Waals surface area contributed by atoms with Crippen molar-refractivity contribution in [3.05, 3.63) is 24.0 Å². The second kappa shape index (κ2) is 7.46. The van der Waals surface area contributed by atoms with Crippen LogP contribution in [-0.4, -0.2) is 40.4 Å². The number of rotatable bonds is 6. The van der Waals surface area contributed by atoms with Crippen LogP contribution in [0, 0.1) is 0 Å². The summed E-state index contributed by atoms with van der Waals surface area (Å²) in [7, 11) is 1.99. The van der Waals surface area contributed by atoms with Crippen LogP contribution in [0.25, 0.3) is 0 Å². The highest BCUT2D eigenvalue weighted by Gasteiger charge is 2.28. The summed E-state index contributed by atoms with van der Waals surface area (Å²) >= 11 is 3.10. The average Bonchev–Trinajstić information content (AvgIpc) is 3.25. The molecule has 0 radical (unpaired) electrons. The minimum atomic E-state index is -0.0326. The number of nitrogens with one attached hydrogen (secondary N) is 1. The van der Waals surface area contributed by atoms with E-state index in [1.165, 1.54) is 11.3 Å². The van der Waals surface area contributed by atoms with Gasteiger partial charge in [-0.05, 0) is 26.4 Å². The third-order valence-corrected chi connectivity index (χ3v) is 5.92. The van der Waals surface area contributed by atoms with Crippen LogP contribution in [-0.2, 0) is 17.0 Å². The van der Waals surface area contributed by atoms with Gasteiger partial charge in [0.1, 0.15) is 5.76 Å². The van der Waals surface area contributed by atoms with Crippen LogP contribution in [0.1, 0.15) is 31.4 Å². The number of aryl methyl sites for hydroxylation is 1. The summed E-state index contributed by atoms with van der Waals surface area (Å²) in [6.45, 7) is 3.02. The Bertz CT molecular complexity index is 670. The second-order valence-electron chi connectivity index (χ2n) is 5.47. The van der Waals surface area contributed by atoms with Crippen LogP contribution in [0.2, 0.25) is 0 Å². The zero-order valence-corrected chi connectivity index (χ0v) is 14.9. The number of likely N-dealkylation sites (tertiary alicyclic amines) is 1. The first-order valence-electron chi connectivity index (χ1n) is 7.69. The van der Waals surface area contributed by atoms with Gasteiger partial charge in [0.2, 0.25) is 11.8 Å². The minimum absolute atomic E-state index is 0.0326. The molecule has 23 heavy (non-hydrogen) atoms. The van der Waals surface area contributed by atoms with Gasteiger partial charge >= 0.3 is 0 Å². The molecule has 1 saturated heterocycles. The predicted octanol–water partition coefficient (Wildman–Crippen LogP) is 3.02. The molecule has 3 rings (SSSR count). The van der Waals surface area contributed by atoms with Gasteiger partial charge in [0, 0.05) is 6.42 Å². The van der Waals surface area contributed by atoms with Crippen LogP contribution < -0.4 is 5.32 Å². The topological polar surface area (TPSA) is 71.3 Å². The molecule has 0 aliphatic carbocycles. The number of aromatic nitrogens is 2. The predicted molar refractivity (Wildman–Crippen MR) is 91.8 cm³/mol. The van der Waals surface area contributed by atoms with E-state index in [1.807, 2.05) is 14.0 Å². The number of nitrogens with zero attached hydrogens (tertiary/aromatic N) is 3. The molecule has 8 heteroatoms. The summed E-state index contributed by atoms with van der Waals surface area (Å²) in [5.74, 6) is 2.33. The molecule has 0 aromatic carbocycles. The molecule has 0 bridgehead atoms. The summed E-state index contributed by atoms with van der Waals surface area (Å²) in [5.41, 5.74) is 0. The lowest BCUT2D eigenvalue weighted by molar-refractivity contribution is -0.119. The molecule has 0 saturated carbocycles. The molecule has 3 heterocycles. The molecule has 2 aromatic heterocycles. The van der Waals surface area contributed by atoms with E-state index in [9.17, 15) is 4.79 Å². The number of thioether (sulfide) groups is 1. The number of carbonyl (C=O) groups excluding carboxylic acids is 1. The Balaban J connectivity index is 1.52. The van der Waals surface area contributed by atoms with E-state index in [1.54, 1.807) is 24.2 Å². The van der Waals surface area contributed by atoms with Gasteiger partial charge in [-0.25, -0.2) is 9.97 Å². The summed E-state index contributed by atoms with van der Waals surface area (Å²) < 4.78 is 6.62. The van der Waals surface area contributed by atoms with E-state index in [0.29, 0.717) is 10.9 Å². The third-order valence-electron chi connectivity index (χ3n) is 3.83. The Kier molecular flexibility index (Phi) is 5.34. The van der Waals surface area contributed by atoms with Crippen LogP contribution in [0.4, 0.5) is 5.13 Å². The molecule has 1 N–H and O–H groups in total. The van der Waals surface area contributed by atoms with Crippen molar-refractivity contribution < 1.29 is 9.21 Å². The second-order valence-corrected chi connectivity index (χ2v) is 7.78. The van der Waals surface area contributed by atoms with Crippen LogP contribution in [0.15, 0.2) is 21.0 Å². The number of hydrogen-bond acceptors (Lipinski definition) is 7. The summed E-state index contributed by atoms with van der Waals surface area (Å²) in [5, 5.41) is 3.57. The number of oxazole rings is 1. The van der Waals surface area contributed by atoms with Crippen molar-refractivity contribution in [3.63, 3.8) is 0 Å². The normalized spacial score (nSPS) is 18.4. The average molecular weight is 352 g/mol. The quantitative estimate of drug-likeness (QED) is 0.806. The zero-order valence-electron chi connectivity index (χ0n) is 13.2. The largest absolute Gasteiger partial charge is 0.445 e. The first-order valence-corrected chi connectivity index (χ1v) is 9.49. The number of thiazole rings is 1. The fourth-order valence-corrected chi connectivity index (χ4v) is 4.25. The molecule has 1 atom stereocenters. The van der Waals surface area contributed by atoms with E-state index in [2.05, 4.69) is 20.2 Å². The number of amides is 1. The zero-order chi connectivity index (χ0) is 16.2. The lowest BCUT2D eigenvalue weighted by Gasteiger charge is -2.17. The third kappa shape index (κ3) is 4.13. The molecule has 1 aliphatic rings. The van der Waals surface area contributed by atoms with Gasteiger partial charge in [0.15, 0.2) is 5.13 Å². The lowest BCUT2D eigenvalue weighted by atomic mass is 10.2. The number of carbonyl (C=O) groups is 1. The summed E-state index contributed by atoms with van der Waals surface area (Å²) in [6.07, 6.45) is 6.39. The van der Waals surface area contributed by atoms with Crippen molar-refractivity contribution in [2.45, 2.75) is 42.2 Å². The van der Waals surface area contributed by atoms with Crippen molar-refractivity contribution in [1.29, 1.82) is 0 Å². The van der Waals surface area contributed by atoms with Crippen LogP contribution >= 0.6 is 23.1 Å². The molecule has 1 amide bonds. The Morgan fingerprint density at radius 3 is 3.09 bits per heavy atom. The van der Waals surface area contributed by atoms with E-state index >= 15 is 0 Å². The van der Waals surface area contributed by atoms with Gasteiger partial charge in [-0.1, -0.05) is 18.3 Å². The van der Waals surface area contributed by atoms with Gasteiger partial charge in [0.05, 0.1) is 28.4 Å². The number of hydrogen-bond donors (Lipinski definition) is 1. The van der Waals surface area contributed by atoms with Gasteiger partial charge in [-0.3, -0.25) is 9.69 Å². The van der Waals surface area contributed by atoms with E-state index in [0.717, 1.165) is 41.7 Å². The highest BCUT2D eigenvalue weighted by atomic mass is 32.2. The molecule has 124 valence electrons. The standard InChI is InChI=1S/C15H20N4O2S2/c1-3-10-7-16-12(21-10)9-22-13-8-17-15(23-13)18-14(20)11-5-4-6-19(11)2/h7-8,11H,3-6,9H2,1-2H3,(H,17,18,20). The van der Waals surface area contributed by atoms with Crippen molar-refractivity contribution in [3.8, 4) is 0 Å². The molecular formula is C15H20N4O2S2. The van der Waals surface area contributed by atoms with E-state index in [-0.39, 0.29) is 11.9 Å². The Hall–Kier alpha value is -1.38. The molecule has 2 aromatic rings.